The Morgan fingerprint density at radius 2 is 2.47 bits per heavy atom. The average Bonchev–Trinajstić information content (AvgIpc) is 2.88. The minimum Gasteiger partial charge on any atom is -0.477 e. The number of hydrogen-bond donors (Lipinski definition) is 1. The first-order chi connectivity index (χ1) is 9.08. The van der Waals surface area contributed by atoms with E-state index in [-0.39, 0.29) is 18.6 Å². The fourth-order valence-corrected chi connectivity index (χ4v) is 1.78. The van der Waals surface area contributed by atoms with Crippen LogP contribution in [-0.4, -0.2) is 40.3 Å². The van der Waals surface area contributed by atoms with E-state index in [9.17, 15) is 14.9 Å². The highest BCUT2D eigenvalue weighted by Gasteiger charge is 2.22. The van der Waals surface area contributed by atoms with Crippen LogP contribution < -0.4 is 4.74 Å². The summed E-state index contributed by atoms with van der Waals surface area (Å²) in [6, 6.07) is 1.05. The average molecular weight is 268 g/mol. The van der Waals surface area contributed by atoms with Crippen molar-refractivity contribution in [2.24, 2.45) is 0 Å². The molecule has 1 aliphatic heterocycles. The molecule has 0 aromatic carbocycles. The smallest absolute Gasteiger partial charge is 0.342 e. The third kappa shape index (κ3) is 3.16. The molecule has 0 aliphatic carbocycles. The number of carboxylic acid groups (broad SMARTS) is 1. The second-order valence-corrected chi connectivity index (χ2v) is 4.05. The molecule has 1 unspecified atom stereocenters. The minimum absolute atomic E-state index is 0.0368. The monoisotopic (exact) mass is 268 g/mol. The molecule has 8 nitrogen and oxygen atoms in total. The fourth-order valence-electron chi connectivity index (χ4n) is 1.78. The van der Waals surface area contributed by atoms with Crippen LogP contribution in [0.1, 0.15) is 23.2 Å². The molecule has 1 saturated heterocycles. The van der Waals surface area contributed by atoms with Crippen molar-refractivity contribution in [1.82, 2.24) is 4.98 Å². The van der Waals surface area contributed by atoms with E-state index in [1.54, 1.807) is 0 Å². The fraction of sp³-hybridized carbons (Fsp3) is 0.455. The molecule has 19 heavy (non-hydrogen) atoms. The molecule has 0 bridgehead atoms. The number of nitrogens with zero attached hydrogens (tertiary/aromatic N) is 2. The summed E-state index contributed by atoms with van der Waals surface area (Å²) in [5.41, 5.74) is -1.00. The molecular formula is C11H12N2O6. The number of ether oxygens (including phenoxy) is 2. The zero-order valence-corrected chi connectivity index (χ0v) is 9.94. The molecule has 0 radical (unpaired) electrons. The topological polar surface area (TPSA) is 112 Å². The number of hydrogen-bond acceptors (Lipinski definition) is 6. The van der Waals surface area contributed by atoms with Gasteiger partial charge in [0.15, 0.2) is 0 Å². The van der Waals surface area contributed by atoms with Crippen LogP contribution in [-0.2, 0) is 4.74 Å². The van der Waals surface area contributed by atoms with Crippen molar-refractivity contribution in [2.75, 3.05) is 13.2 Å². The summed E-state index contributed by atoms with van der Waals surface area (Å²) in [6.45, 7) is 0.936. The lowest BCUT2D eigenvalue weighted by atomic mass is 10.2. The van der Waals surface area contributed by atoms with E-state index in [2.05, 4.69) is 4.98 Å². The van der Waals surface area contributed by atoms with Gasteiger partial charge in [0.25, 0.3) is 0 Å². The van der Waals surface area contributed by atoms with Crippen molar-refractivity contribution in [3.63, 3.8) is 0 Å². The summed E-state index contributed by atoms with van der Waals surface area (Å²) in [6.07, 6.45) is 2.68. The standard InChI is InChI=1S/C11H12N2O6/c14-11(15)8-4-10(12-5-9(8)13(16)17)19-6-7-2-1-3-18-7/h4-5,7H,1-3,6H2,(H,14,15). The molecule has 2 heterocycles. The quantitative estimate of drug-likeness (QED) is 0.631. The maximum Gasteiger partial charge on any atom is 0.342 e. The SMILES string of the molecule is O=C(O)c1cc(OCC2CCCO2)ncc1[N+](=O)[O-]. The number of pyridine rings is 1. The lowest BCUT2D eigenvalue weighted by Crippen LogP contribution is -2.17. The van der Waals surface area contributed by atoms with Crippen molar-refractivity contribution in [1.29, 1.82) is 0 Å². The van der Waals surface area contributed by atoms with Gasteiger partial charge in [0, 0.05) is 12.7 Å². The van der Waals surface area contributed by atoms with Gasteiger partial charge in [-0.3, -0.25) is 10.1 Å². The van der Waals surface area contributed by atoms with Crippen molar-refractivity contribution in [3.8, 4) is 5.88 Å². The molecule has 1 aromatic heterocycles. The number of aromatic nitrogens is 1. The van der Waals surface area contributed by atoms with Crippen LogP contribution in [0.25, 0.3) is 0 Å². The Balaban J connectivity index is 2.11. The van der Waals surface area contributed by atoms with Gasteiger partial charge in [0.1, 0.15) is 18.4 Å². The van der Waals surface area contributed by atoms with Crippen LogP contribution >= 0.6 is 0 Å². The Morgan fingerprint density at radius 1 is 1.68 bits per heavy atom. The Kier molecular flexibility index (Phi) is 3.91. The number of carbonyl (C=O) groups is 1. The van der Waals surface area contributed by atoms with E-state index < -0.39 is 22.1 Å². The summed E-state index contributed by atoms with van der Waals surface area (Å²) in [5, 5.41) is 19.6. The highest BCUT2D eigenvalue weighted by atomic mass is 16.6. The molecular weight excluding hydrogens is 256 g/mol. The van der Waals surface area contributed by atoms with Crippen LogP contribution in [0.5, 0.6) is 5.88 Å². The summed E-state index contributed by atoms with van der Waals surface area (Å²) >= 11 is 0. The zero-order valence-electron chi connectivity index (χ0n) is 9.94. The second kappa shape index (κ2) is 5.61. The molecule has 0 saturated carbocycles. The van der Waals surface area contributed by atoms with Crippen LogP contribution in [0.15, 0.2) is 12.3 Å². The Morgan fingerprint density at radius 3 is 3.05 bits per heavy atom. The highest BCUT2D eigenvalue weighted by Crippen LogP contribution is 2.22. The molecule has 1 atom stereocenters. The van der Waals surface area contributed by atoms with Gasteiger partial charge in [0.2, 0.25) is 5.88 Å². The van der Waals surface area contributed by atoms with E-state index in [0.717, 1.165) is 25.1 Å². The maximum absolute atomic E-state index is 10.9. The number of carboxylic acids is 1. The normalized spacial score (nSPS) is 18.2. The van der Waals surface area contributed by atoms with Crippen molar-refractivity contribution in [2.45, 2.75) is 18.9 Å². The van der Waals surface area contributed by atoms with Gasteiger partial charge in [-0.15, -0.1) is 0 Å². The predicted molar refractivity (Wildman–Crippen MR) is 62.3 cm³/mol. The lowest BCUT2D eigenvalue weighted by Gasteiger charge is -2.10. The van der Waals surface area contributed by atoms with E-state index in [0.29, 0.717) is 6.61 Å². The van der Waals surface area contributed by atoms with Gasteiger partial charge in [-0.2, -0.15) is 0 Å². The van der Waals surface area contributed by atoms with Gasteiger partial charge in [-0.25, -0.2) is 9.78 Å². The molecule has 1 N–H and O–H groups in total. The maximum atomic E-state index is 10.9. The molecule has 1 aromatic rings. The first kappa shape index (κ1) is 13.2. The van der Waals surface area contributed by atoms with E-state index in [1.165, 1.54) is 0 Å². The summed E-state index contributed by atoms with van der Waals surface area (Å²) in [4.78, 5) is 24.5. The number of nitro groups is 1. The molecule has 102 valence electrons. The third-order valence-corrected chi connectivity index (χ3v) is 2.73. The third-order valence-electron chi connectivity index (χ3n) is 2.73. The summed E-state index contributed by atoms with van der Waals surface area (Å²) in [5.74, 6) is -1.35. The predicted octanol–water partition coefficient (Wildman–Crippen LogP) is 1.25. The molecule has 8 heteroatoms. The largest absolute Gasteiger partial charge is 0.477 e. The Hall–Kier alpha value is -2.22. The van der Waals surface area contributed by atoms with E-state index in [1.807, 2.05) is 0 Å². The van der Waals surface area contributed by atoms with Crippen LogP contribution in [0.2, 0.25) is 0 Å². The van der Waals surface area contributed by atoms with Crippen molar-refractivity contribution >= 4 is 11.7 Å². The Labute approximate surface area is 108 Å². The summed E-state index contributed by atoms with van der Waals surface area (Å²) < 4.78 is 10.6. The molecule has 0 spiro atoms. The lowest BCUT2D eigenvalue weighted by molar-refractivity contribution is -0.385. The number of aromatic carboxylic acids is 1. The molecule has 1 aliphatic rings. The van der Waals surface area contributed by atoms with Gasteiger partial charge < -0.3 is 14.6 Å². The molecule has 0 amide bonds. The second-order valence-electron chi connectivity index (χ2n) is 4.05. The van der Waals surface area contributed by atoms with Crippen LogP contribution in [0, 0.1) is 10.1 Å². The van der Waals surface area contributed by atoms with Crippen LogP contribution in [0.4, 0.5) is 5.69 Å². The van der Waals surface area contributed by atoms with Crippen LogP contribution in [0.3, 0.4) is 0 Å². The zero-order chi connectivity index (χ0) is 13.8. The first-order valence-corrected chi connectivity index (χ1v) is 5.70. The van der Waals surface area contributed by atoms with Crippen molar-refractivity contribution < 1.29 is 24.3 Å². The highest BCUT2D eigenvalue weighted by molar-refractivity contribution is 5.92. The van der Waals surface area contributed by atoms with E-state index in [4.69, 9.17) is 14.6 Å². The van der Waals surface area contributed by atoms with Gasteiger partial charge in [-0.1, -0.05) is 0 Å². The van der Waals surface area contributed by atoms with Crippen molar-refractivity contribution in [3.05, 3.63) is 27.9 Å². The molecule has 1 fully saturated rings. The molecule has 2 rings (SSSR count). The minimum atomic E-state index is -1.39. The van der Waals surface area contributed by atoms with Gasteiger partial charge in [0.05, 0.1) is 11.0 Å². The van der Waals surface area contributed by atoms with Gasteiger partial charge in [-0.05, 0) is 12.8 Å². The van der Waals surface area contributed by atoms with E-state index >= 15 is 0 Å². The Bertz CT molecular complexity index is 498. The summed E-state index contributed by atoms with van der Waals surface area (Å²) in [7, 11) is 0. The number of rotatable bonds is 5. The van der Waals surface area contributed by atoms with Gasteiger partial charge >= 0.3 is 11.7 Å². The first-order valence-electron chi connectivity index (χ1n) is 5.70.